The number of terminal acetylenes is 1. The molecule has 84 valence electrons. The number of anilines is 1. The van der Waals surface area contributed by atoms with E-state index in [1.807, 2.05) is 13.0 Å². The van der Waals surface area contributed by atoms with Crippen LogP contribution < -0.4 is 5.32 Å². The van der Waals surface area contributed by atoms with E-state index in [0.717, 1.165) is 5.56 Å². The SMILES string of the molecule is C#CC(C)OC(=O)Nc1cc(Cl)ccc1C. The zero-order chi connectivity index (χ0) is 12.1. The van der Waals surface area contributed by atoms with Crippen LogP contribution in [-0.2, 0) is 4.74 Å². The van der Waals surface area contributed by atoms with Crippen LogP contribution in [-0.4, -0.2) is 12.2 Å². The number of hydrogen-bond donors (Lipinski definition) is 1. The van der Waals surface area contributed by atoms with Crippen molar-refractivity contribution in [1.29, 1.82) is 0 Å². The Hall–Kier alpha value is -1.66. The van der Waals surface area contributed by atoms with Gasteiger partial charge in [-0.05, 0) is 31.5 Å². The lowest BCUT2D eigenvalue weighted by Crippen LogP contribution is -2.19. The van der Waals surface area contributed by atoms with Gasteiger partial charge in [-0.1, -0.05) is 23.6 Å². The van der Waals surface area contributed by atoms with Crippen LogP contribution in [0.1, 0.15) is 12.5 Å². The van der Waals surface area contributed by atoms with E-state index in [1.165, 1.54) is 0 Å². The highest BCUT2D eigenvalue weighted by Gasteiger charge is 2.08. The number of ether oxygens (including phenoxy) is 1. The molecule has 0 aliphatic rings. The molecule has 1 aromatic rings. The second kappa shape index (κ2) is 5.43. The van der Waals surface area contributed by atoms with Crippen LogP contribution in [0.4, 0.5) is 10.5 Å². The highest BCUT2D eigenvalue weighted by atomic mass is 35.5. The molecule has 1 unspecified atom stereocenters. The molecule has 0 spiro atoms. The molecule has 1 rings (SSSR count). The molecule has 0 saturated heterocycles. The lowest BCUT2D eigenvalue weighted by atomic mass is 10.2. The minimum atomic E-state index is -0.587. The van der Waals surface area contributed by atoms with Gasteiger partial charge in [-0.3, -0.25) is 5.32 Å². The molecule has 0 radical (unpaired) electrons. The van der Waals surface area contributed by atoms with Gasteiger partial charge in [0.2, 0.25) is 0 Å². The Bertz CT molecular complexity index is 437. The maximum absolute atomic E-state index is 11.4. The van der Waals surface area contributed by atoms with Crippen molar-refractivity contribution in [2.24, 2.45) is 0 Å². The fourth-order valence-electron chi connectivity index (χ4n) is 1.06. The number of hydrogen-bond acceptors (Lipinski definition) is 2. The second-order valence-electron chi connectivity index (χ2n) is 3.30. The first kappa shape index (κ1) is 12.4. The maximum atomic E-state index is 11.4. The highest BCUT2D eigenvalue weighted by molar-refractivity contribution is 6.30. The minimum absolute atomic E-state index is 0.547. The van der Waals surface area contributed by atoms with Crippen LogP contribution in [0.15, 0.2) is 18.2 Å². The van der Waals surface area contributed by atoms with Crippen LogP contribution in [0, 0.1) is 19.3 Å². The highest BCUT2D eigenvalue weighted by Crippen LogP contribution is 2.20. The lowest BCUT2D eigenvalue weighted by molar-refractivity contribution is 0.145. The Balaban J connectivity index is 2.70. The number of aryl methyl sites for hydroxylation is 1. The average Bonchev–Trinajstić information content (AvgIpc) is 2.23. The zero-order valence-electron chi connectivity index (χ0n) is 9.08. The van der Waals surface area contributed by atoms with Crippen molar-refractivity contribution in [1.82, 2.24) is 0 Å². The van der Waals surface area contributed by atoms with Gasteiger partial charge in [0.15, 0.2) is 6.10 Å². The number of carbonyl (C=O) groups excluding carboxylic acids is 1. The van der Waals surface area contributed by atoms with Crippen LogP contribution >= 0.6 is 11.6 Å². The average molecular weight is 238 g/mol. The molecule has 16 heavy (non-hydrogen) atoms. The van der Waals surface area contributed by atoms with E-state index in [1.54, 1.807) is 19.1 Å². The van der Waals surface area contributed by atoms with Gasteiger partial charge in [0.1, 0.15) is 0 Å². The topological polar surface area (TPSA) is 38.3 Å². The van der Waals surface area contributed by atoms with Gasteiger partial charge in [0, 0.05) is 10.7 Å². The van der Waals surface area contributed by atoms with E-state index < -0.39 is 12.2 Å². The first-order valence-electron chi connectivity index (χ1n) is 4.73. The predicted molar refractivity (Wildman–Crippen MR) is 64.6 cm³/mol. The Kier molecular flexibility index (Phi) is 4.21. The van der Waals surface area contributed by atoms with Crippen LogP contribution in [0.3, 0.4) is 0 Å². The monoisotopic (exact) mass is 237 g/mol. The molecular formula is C12H12ClNO2. The van der Waals surface area contributed by atoms with Crippen molar-refractivity contribution in [3.8, 4) is 12.3 Å². The van der Waals surface area contributed by atoms with E-state index in [2.05, 4.69) is 11.2 Å². The first-order valence-corrected chi connectivity index (χ1v) is 5.10. The Morgan fingerprint density at radius 3 is 2.94 bits per heavy atom. The number of nitrogens with one attached hydrogen (secondary N) is 1. The van der Waals surface area contributed by atoms with Gasteiger partial charge < -0.3 is 4.74 Å². The summed E-state index contributed by atoms with van der Waals surface area (Å²) < 4.78 is 4.87. The van der Waals surface area contributed by atoms with E-state index in [0.29, 0.717) is 10.7 Å². The van der Waals surface area contributed by atoms with Gasteiger partial charge in [-0.25, -0.2) is 4.79 Å². The van der Waals surface area contributed by atoms with Crippen molar-refractivity contribution in [2.75, 3.05) is 5.32 Å². The molecule has 0 heterocycles. The van der Waals surface area contributed by atoms with Crippen molar-refractivity contribution in [2.45, 2.75) is 20.0 Å². The first-order chi connectivity index (χ1) is 7.52. The molecule has 1 aromatic carbocycles. The summed E-state index contributed by atoms with van der Waals surface area (Å²) in [6.07, 6.45) is 3.95. The number of rotatable bonds is 2. The molecule has 0 aromatic heterocycles. The molecule has 3 nitrogen and oxygen atoms in total. The standard InChI is InChI=1S/C12H12ClNO2/c1-4-9(3)16-12(15)14-11-7-10(13)6-5-8(11)2/h1,5-7,9H,2-3H3,(H,14,15). The third-order valence-electron chi connectivity index (χ3n) is 1.95. The Labute approximate surface area is 99.7 Å². The summed E-state index contributed by atoms with van der Waals surface area (Å²) in [6.45, 7) is 3.47. The largest absolute Gasteiger partial charge is 0.433 e. The van der Waals surface area contributed by atoms with Gasteiger partial charge in [0.05, 0.1) is 0 Å². The number of amides is 1. The molecule has 0 aliphatic carbocycles. The second-order valence-corrected chi connectivity index (χ2v) is 3.73. The molecule has 0 saturated carbocycles. The molecule has 0 fully saturated rings. The van der Waals surface area contributed by atoms with Gasteiger partial charge in [-0.15, -0.1) is 6.42 Å². The lowest BCUT2D eigenvalue weighted by Gasteiger charge is -2.10. The van der Waals surface area contributed by atoms with Crippen molar-refractivity contribution in [3.05, 3.63) is 28.8 Å². The summed E-state index contributed by atoms with van der Waals surface area (Å²) in [4.78, 5) is 11.4. The molecule has 0 aliphatic heterocycles. The van der Waals surface area contributed by atoms with Gasteiger partial charge in [-0.2, -0.15) is 0 Å². The van der Waals surface area contributed by atoms with Gasteiger partial charge in [0.25, 0.3) is 0 Å². The third kappa shape index (κ3) is 3.48. The summed E-state index contributed by atoms with van der Waals surface area (Å²) in [5, 5.41) is 3.12. The van der Waals surface area contributed by atoms with E-state index in [-0.39, 0.29) is 0 Å². The van der Waals surface area contributed by atoms with Gasteiger partial charge >= 0.3 is 6.09 Å². The third-order valence-corrected chi connectivity index (χ3v) is 2.19. The molecule has 1 atom stereocenters. The van der Waals surface area contributed by atoms with Crippen LogP contribution in [0.25, 0.3) is 0 Å². The predicted octanol–water partition coefficient (Wildman–Crippen LogP) is 3.22. The van der Waals surface area contributed by atoms with Crippen LogP contribution in [0.5, 0.6) is 0 Å². The van der Waals surface area contributed by atoms with Crippen LogP contribution in [0.2, 0.25) is 5.02 Å². The Morgan fingerprint density at radius 1 is 1.62 bits per heavy atom. The maximum Gasteiger partial charge on any atom is 0.412 e. The molecular weight excluding hydrogens is 226 g/mol. The normalized spacial score (nSPS) is 11.4. The quantitative estimate of drug-likeness (QED) is 0.802. The Morgan fingerprint density at radius 2 is 2.31 bits per heavy atom. The number of halogens is 1. The summed E-state index contributed by atoms with van der Waals surface area (Å²) in [5.74, 6) is 2.30. The summed E-state index contributed by atoms with van der Waals surface area (Å²) >= 11 is 5.81. The smallest absolute Gasteiger partial charge is 0.412 e. The summed E-state index contributed by atoms with van der Waals surface area (Å²) in [7, 11) is 0. The molecule has 4 heteroatoms. The zero-order valence-corrected chi connectivity index (χ0v) is 9.84. The van der Waals surface area contributed by atoms with Crippen molar-refractivity contribution >= 4 is 23.4 Å². The van der Waals surface area contributed by atoms with E-state index >= 15 is 0 Å². The minimum Gasteiger partial charge on any atom is -0.433 e. The van der Waals surface area contributed by atoms with E-state index in [4.69, 9.17) is 22.8 Å². The number of carbonyl (C=O) groups is 1. The van der Waals surface area contributed by atoms with E-state index in [9.17, 15) is 4.79 Å². The summed E-state index contributed by atoms with van der Waals surface area (Å²) in [6, 6.07) is 5.21. The molecule has 0 bridgehead atoms. The van der Waals surface area contributed by atoms with Crippen molar-refractivity contribution in [3.63, 3.8) is 0 Å². The molecule has 1 amide bonds. The number of benzene rings is 1. The summed E-state index contributed by atoms with van der Waals surface area (Å²) in [5.41, 5.74) is 1.51. The molecule has 1 N–H and O–H groups in total. The van der Waals surface area contributed by atoms with Crippen molar-refractivity contribution < 1.29 is 9.53 Å². The fourth-order valence-corrected chi connectivity index (χ4v) is 1.23. The fraction of sp³-hybridized carbons (Fsp3) is 0.250.